The lowest BCUT2D eigenvalue weighted by Crippen LogP contribution is -2.02. The molecule has 0 spiro atoms. The molecule has 0 N–H and O–H groups in total. The van der Waals surface area contributed by atoms with E-state index >= 15 is 0 Å². The van der Waals surface area contributed by atoms with E-state index in [9.17, 15) is 0 Å². The zero-order valence-electron chi connectivity index (χ0n) is 10.4. The van der Waals surface area contributed by atoms with E-state index < -0.39 is 10.0 Å². The summed E-state index contributed by atoms with van der Waals surface area (Å²) in [7, 11) is -0.589. The molecule has 0 aliphatic carbocycles. The standard InChI is InChI=1S/C4H12O2Si.2C4H4S/c1-3-5-7-6-4-2;2*1-2-4-5-3-1/h3-4,7H2,1-2H3;2*1-4H. The molecule has 2 rings (SSSR count). The van der Waals surface area contributed by atoms with Crippen LogP contribution in [0.4, 0.5) is 0 Å². The van der Waals surface area contributed by atoms with E-state index in [1.165, 1.54) is 0 Å². The molecule has 0 bridgehead atoms. The van der Waals surface area contributed by atoms with Crippen molar-refractivity contribution in [1.29, 1.82) is 0 Å². The Morgan fingerprint density at radius 3 is 1.29 bits per heavy atom. The number of rotatable bonds is 4. The summed E-state index contributed by atoms with van der Waals surface area (Å²) in [5.74, 6) is 0. The Bertz CT molecular complexity index is 221. The smallest absolute Gasteiger partial charge is 0.304 e. The van der Waals surface area contributed by atoms with Gasteiger partial charge >= 0.3 is 10.0 Å². The van der Waals surface area contributed by atoms with Crippen molar-refractivity contribution in [2.45, 2.75) is 13.8 Å². The molecule has 5 heteroatoms. The van der Waals surface area contributed by atoms with Crippen molar-refractivity contribution < 1.29 is 8.85 Å². The van der Waals surface area contributed by atoms with Crippen molar-refractivity contribution in [2.24, 2.45) is 0 Å². The van der Waals surface area contributed by atoms with Gasteiger partial charge in [-0.15, -0.1) is 0 Å². The number of hydrogen-bond donors (Lipinski definition) is 0. The van der Waals surface area contributed by atoms with E-state index in [1.54, 1.807) is 22.7 Å². The normalized spacial score (nSPS) is 8.59. The monoisotopic (exact) mass is 288 g/mol. The fourth-order valence-corrected chi connectivity index (χ4v) is 2.04. The summed E-state index contributed by atoms with van der Waals surface area (Å²) >= 11 is 3.43. The Morgan fingerprint density at radius 1 is 0.765 bits per heavy atom. The topological polar surface area (TPSA) is 18.5 Å². The second-order valence-corrected chi connectivity index (χ2v) is 5.37. The van der Waals surface area contributed by atoms with Gasteiger partial charge in [-0.25, -0.2) is 0 Å². The molecule has 2 heterocycles. The van der Waals surface area contributed by atoms with E-state index in [-0.39, 0.29) is 0 Å². The fourth-order valence-electron chi connectivity index (χ4n) is 0.679. The van der Waals surface area contributed by atoms with Crippen LogP contribution < -0.4 is 0 Å². The molecule has 0 aromatic carbocycles. The maximum Gasteiger partial charge on any atom is 0.304 e. The van der Waals surface area contributed by atoms with Crippen LogP contribution in [0.1, 0.15) is 13.8 Å². The molecule has 2 aromatic heterocycles. The van der Waals surface area contributed by atoms with Gasteiger partial charge in [0, 0.05) is 13.2 Å². The fraction of sp³-hybridized carbons (Fsp3) is 0.333. The van der Waals surface area contributed by atoms with E-state index in [2.05, 4.69) is 0 Å². The second-order valence-electron chi connectivity index (χ2n) is 2.69. The van der Waals surface area contributed by atoms with Crippen LogP contribution in [-0.2, 0) is 8.85 Å². The average Bonchev–Trinajstić information content (AvgIpc) is 3.08. The molecule has 0 radical (unpaired) electrons. The van der Waals surface area contributed by atoms with Crippen LogP contribution in [0.5, 0.6) is 0 Å². The molecular weight excluding hydrogens is 268 g/mol. The number of hydrogen-bond acceptors (Lipinski definition) is 4. The van der Waals surface area contributed by atoms with Crippen LogP contribution in [0.3, 0.4) is 0 Å². The first-order valence-electron chi connectivity index (χ1n) is 5.51. The summed E-state index contributed by atoms with van der Waals surface area (Å²) in [5.41, 5.74) is 0. The molecule has 0 atom stereocenters. The van der Waals surface area contributed by atoms with E-state index in [4.69, 9.17) is 8.85 Å². The van der Waals surface area contributed by atoms with Crippen LogP contribution in [0, 0.1) is 0 Å². The first kappa shape index (κ1) is 16.5. The largest absolute Gasteiger partial charge is 0.399 e. The van der Waals surface area contributed by atoms with Crippen molar-refractivity contribution >= 4 is 32.7 Å². The van der Waals surface area contributed by atoms with Crippen molar-refractivity contribution in [3.05, 3.63) is 45.8 Å². The van der Waals surface area contributed by atoms with Gasteiger partial charge in [-0.05, 0) is 35.4 Å². The maximum atomic E-state index is 4.99. The van der Waals surface area contributed by atoms with Gasteiger partial charge in [-0.3, -0.25) is 0 Å². The van der Waals surface area contributed by atoms with Crippen molar-refractivity contribution in [2.75, 3.05) is 13.2 Å². The van der Waals surface area contributed by atoms with E-state index in [0.29, 0.717) is 0 Å². The first-order chi connectivity index (χ1) is 8.41. The minimum atomic E-state index is -0.589. The highest BCUT2D eigenvalue weighted by atomic mass is 32.1. The van der Waals surface area contributed by atoms with Crippen LogP contribution in [0.25, 0.3) is 0 Å². The highest BCUT2D eigenvalue weighted by Gasteiger charge is 1.79. The molecule has 0 aliphatic rings. The van der Waals surface area contributed by atoms with Crippen molar-refractivity contribution in [1.82, 2.24) is 0 Å². The van der Waals surface area contributed by atoms with Gasteiger partial charge in [-0.2, -0.15) is 22.7 Å². The first-order valence-corrected chi connectivity index (χ1v) is 8.55. The predicted molar refractivity (Wildman–Crippen MR) is 80.4 cm³/mol. The van der Waals surface area contributed by atoms with Crippen LogP contribution in [0.15, 0.2) is 45.8 Å². The summed E-state index contributed by atoms with van der Waals surface area (Å²) in [6.45, 7) is 5.55. The zero-order valence-corrected chi connectivity index (χ0v) is 13.4. The van der Waals surface area contributed by atoms with Crippen LogP contribution in [0.2, 0.25) is 0 Å². The third kappa shape index (κ3) is 15.5. The van der Waals surface area contributed by atoms with Gasteiger partial charge in [0.15, 0.2) is 0 Å². The average molecular weight is 289 g/mol. The van der Waals surface area contributed by atoms with Gasteiger partial charge in [0.25, 0.3) is 0 Å². The Kier molecular flexibility index (Phi) is 15.1. The Balaban J connectivity index is 0.000000229. The SMILES string of the molecule is CCO[SiH2]OCC.c1ccsc1.c1ccsc1. The number of thiophene rings is 2. The van der Waals surface area contributed by atoms with Crippen LogP contribution in [-0.4, -0.2) is 23.2 Å². The Hall–Kier alpha value is -0.463. The summed E-state index contributed by atoms with van der Waals surface area (Å²) in [6, 6.07) is 8.07. The molecule has 0 saturated carbocycles. The molecule has 17 heavy (non-hydrogen) atoms. The van der Waals surface area contributed by atoms with Gasteiger partial charge < -0.3 is 8.85 Å². The molecule has 96 valence electrons. The minimum Gasteiger partial charge on any atom is -0.399 e. The Labute approximate surface area is 114 Å². The summed E-state index contributed by atoms with van der Waals surface area (Å²) in [6.07, 6.45) is 0. The highest BCUT2D eigenvalue weighted by Crippen LogP contribution is 1.92. The molecule has 2 aromatic rings. The summed E-state index contributed by atoms with van der Waals surface area (Å²) in [5, 5.41) is 8.17. The quantitative estimate of drug-likeness (QED) is 0.633. The Morgan fingerprint density at radius 2 is 1.12 bits per heavy atom. The predicted octanol–water partition coefficient (Wildman–Crippen LogP) is 3.55. The van der Waals surface area contributed by atoms with E-state index in [0.717, 1.165) is 13.2 Å². The lowest BCUT2D eigenvalue weighted by Gasteiger charge is -1.96. The van der Waals surface area contributed by atoms with Gasteiger partial charge in [-0.1, -0.05) is 24.3 Å². The van der Waals surface area contributed by atoms with Crippen molar-refractivity contribution in [3.8, 4) is 0 Å². The lowest BCUT2D eigenvalue weighted by molar-refractivity contribution is 0.240. The third-order valence-corrected chi connectivity index (χ3v) is 3.83. The van der Waals surface area contributed by atoms with Gasteiger partial charge in [0.2, 0.25) is 0 Å². The zero-order chi connectivity index (χ0) is 12.6. The minimum absolute atomic E-state index is 0.589. The molecule has 0 unspecified atom stereocenters. The molecule has 2 nitrogen and oxygen atoms in total. The second kappa shape index (κ2) is 15.5. The molecule has 0 aliphatic heterocycles. The summed E-state index contributed by atoms with van der Waals surface area (Å²) < 4.78 is 9.98. The molecule has 0 saturated heterocycles. The van der Waals surface area contributed by atoms with Gasteiger partial charge in [0.1, 0.15) is 0 Å². The maximum absolute atomic E-state index is 4.99. The lowest BCUT2D eigenvalue weighted by atomic mass is 10.7. The molecule has 0 amide bonds. The van der Waals surface area contributed by atoms with E-state index in [1.807, 2.05) is 59.6 Å². The summed E-state index contributed by atoms with van der Waals surface area (Å²) in [4.78, 5) is 0. The van der Waals surface area contributed by atoms with Crippen molar-refractivity contribution in [3.63, 3.8) is 0 Å². The van der Waals surface area contributed by atoms with Crippen LogP contribution >= 0.6 is 22.7 Å². The molecule has 0 fully saturated rings. The highest BCUT2D eigenvalue weighted by molar-refractivity contribution is 7.08. The third-order valence-electron chi connectivity index (χ3n) is 1.43. The van der Waals surface area contributed by atoms with Gasteiger partial charge in [0.05, 0.1) is 0 Å². The molecular formula is C12H20O2S2Si.